The van der Waals surface area contributed by atoms with E-state index >= 15 is 0 Å². The van der Waals surface area contributed by atoms with E-state index in [0.29, 0.717) is 6.42 Å². The molecule has 0 unspecified atom stereocenters. The van der Waals surface area contributed by atoms with Gasteiger partial charge in [0.2, 0.25) is 0 Å². The summed E-state index contributed by atoms with van der Waals surface area (Å²) < 4.78 is 13.4. The molecule has 1 aliphatic rings. The third kappa shape index (κ3) is 3.91. The van der Waals surface area contributed by atoms with Crippen LogP contribution in [0, 0.1) is 5.82 Å². The van der Waals surface area contributed by atoms with Gasteiger partial charge in [-0.3, -0.25) is 4.79 Å². The first-order chi connectivity index (χ1) is 13.7. The first kappa shape index (κ1) is 17.9. The highest BCUT2D eigenvalue weighted by Crippen LogP contribution is 2.33. The first-order valence-corrected chi connectivity index (χ1v) is 9.15. The second-order valence-electron chi connectivity index (χ2n) is 6.61. The van der Waals surface area contributed by atoms with Crippen LogP contribution in [0.15, 0.2) is 96.1 Å². The van der Waals surface area contributed by atoms with E-state index in [1.54, 1.807) is 18.2 Å². The maximum absolute atomic E-state index is 13.4. The van der Waals surface area contributed by atoms with Crippen LogP contribution >= 0.6 is 0 Å². The SMILES string of the molecule is O=C(/C=C/c1ccccc1)N1N=C(c2ccccc2)C[C@H]1c1ccc(F)cc1. The number of halogens is 1. The summed E-state index contributed by atoms with van der Waals surface area (Å²) in [7, 11) is 0. The molecule has 1 amide bonds. The number of rotatable bonds is 4. The summed E-state index contributed by atoms with van der Waals surface area (Å²) >= 11 is 0. The number of carbonyl (C=O) groups excluding carboxylic acids is 1. The minimum atomic E-state index is -0.298. The molecule has 3 nitrogen and oxygen atoms in total. The molecular formula is C24H19FN2O. The van der Waals surface area contributed by atoms with E-state index in [0.717, 1.165) is 22.4 Å². The Balaban J connectivity index is 1.64. The van der Waals surface area contributed by atoms with E-state index in [1.807, 2.05) is 60.7 Å². The van der Waals surface area contributed by atoms with Gasteiger partial charge in [0.1, 0.15) is 5.82 Å². The van der Waals surface area contributed by atoms with E-state index in [4.69, 9.17) is 0 Å². The fourth-order valence-electron chi connectivity index (χ4n) is 3.27. The van der Waals surface area contributed by atoms with E-state index in [9.17, 15) is 9.18 Å². The van der Waals surface area contributed by atoms with Gasteiger partial charge in [0.25, 0.3) is 5.91 Å². The average Bonchev–Trinajstić information content (AvgIpc) is 3.19. The van der Waals surface area contributed by atoms with E-state index < -0.39 is 0 Å². The molecule has 0 N–H and O–H groups in total. The highest BCUT2D eigenvalue weighted by Gasteiger charge is 2.32. The topological polar surface area (TPSA) is 32.7 Å². The molecule has 0 bridgehead atoms. The van der Waals surface area contributed by atoms with Crippen LogP contribution in [0.1, 0.15) is 29.2 Å². The van der Waals surface area contributed by atoms with Crippen molar-refractivity contribution in [3.05, 3.63) is 114 Å². The Morgan fingerprint density at radius 3 is 2.25 bits per heavy atom. The number of amides is 1. The number of nitrogens with zero attached hydrogens (tertiary/aromatic N) is 2. The summed E-state index contributed by atoms with van der Waals surface area (Å²) in [4.78, 5) is 12.9. The van der Waals surface area contributed by atoms with Crippen molar-refractivity contribution in [1.29, 1.82) is 0 Å². The molecule has 1 atom stereocenters. The Hall–Kier alpha value is -3.53. The Morgan fingerprint density at radius 2 is 1.57 bits per heavy atom. The second kappa shape index (κ2) is 8.01. The molecule has 0 aliphatic carbocycles. The van der Waals surface area contributed by atoms with Crippen molar-refractivity contribution < 1.29 is 9.18 Å². The van der Waals surface area contributed by atoms with Gasteiger partial charge in [0, 0.05) is 12.5 Å². The molecule has 138 valence electrons. The van der Waals surface area contributed by atoms with Gasteiger partial charge in [-0.1, -0.05) is 72.8 Å². The van der Waals surface area contributed by atoms with Crippen LogP contribution in [-0.4, -0.2) is 16.6 Å². The smallest absolute Gasteiger partial charge is 0.267 e. The van der Waals surface area contributed by atoms with Crippen LogP contribution < -0.4 is 0 Å². The predicted octanol–water partition coefficient (Wildman–Crippen LogP) is 5.22. The number of benzene rings is 3. The highest BCUT2D eigenvalue weighted by molar-refractivity contribution is 6.04. The van der Waals surface area contributed by atoms with Crippen molar-refractivity contribution in [1.82, 2.24) is 5.01 Å². The molecule has 1 heterocycles. The normalized spacial score (nSPS) is 16.4. The molecule has 0 aromatic heterocycles. The molecule has 3 aromatic carbocycles. The lowest BCUT2D eigenvalue weighted by atomic mass is 9.98. The molecule has 4 rings (SSSR count). The number of carbonyl (C=O) groups is 1. The fraction of sp³-hybridized carbons (Fsp3) is 0.0833. The fourth-order valence-corrected chi connectivity index (χ4v) is 3.27. The van der Waals surface area contributed by atoms with Crippen molar-refractivity contribution in [3.8, 4) is 0 Å². The maximum atomic E-state index is 13.4. The minimum Gasteiger partial charge on any atom is -0.268 e. The number of hydrogen-bond acceptors (Lipinski definition) is 2. The predicted molar refractivity (Wildman–Crippen MR) is 109 cm³/mol. The molecule has 0 radical (unpaired) electrons. The third-order valence-corrected chi connectivity index (χ3v) is 4.72. The zero-order valence-electron chi connectivity index (χ0n) is 15.2. The zero-order valence-corrected chi connectivity index (χ0v) is 15.2. The molecule has 1 aliphatic heterocycles. The van der Waals surface area contributed by atoms with Gasteiger partial charge < -0.3 is 0 Å². The van der Waals surface area contributed by atoms with Crippen LogP contribution in [0.5, 0.6) is 0 Å². The summed E-state index contributed by atoms with van der Waals surface area (Å²) in [6.07, 6.45) is 3.89. The Morgan fingerprint density at radius 1 is 0.929 bits per heavy atom. The van der Waals surface area contributed by atoms with Gasteiger partial charge in [0.15, 0.2) is 0 Å². The number of hydrazone groups is 1. The lowest BCUT2D eigenvalue weighted by molar-refractivity contribution is -0.127. The molecule has 0 fully saturated rings. The first-order valence-electron chi connectivity index (χ1n) is 9.15. The molecule has 0 spiro atoms. The Bertz CT molecular complexity index is 1010. The summed E-state index contributed by atoms with van der Waals surface area (Å²) in [6.45, 7) is 0. The maximum Gasteiger partial charge on any atom is 0.267 e. The average molecular weight is 370 g/mol. The van der Waals surface area contributed by atoms with Gasteiger partial charge >= 0.3 is 0 Å². The van der Waals surface area contributed by atoms with Crippen LogP contribution in [-0.2, 0) is 4.79 Å². The van der Waals surface area contributed by atoms with Gasteiger partial charge in [0.05, 0.1) is 11.8 Å². The summed E-state index contributed by atoms with van der Waals surface area (Å²) in [5.41, 5.74) is 3.63. The van der Waals surface area contributed by atoms with Gasteiger partial charge in [-0.15, -0.1) is 0 Å². The Kier molecular flexibility index (Phi) is 5.11. The minimum absolute atomic E-state index is 0.205. The number of hydrogen-bond donors (Lipinski definition) is 0. The highest BCUT2D eigenvalue weighted by atomic mass is 19.1. The van der Waals surface area contributed by atoms with E-state index in [1.165, 1.54) is 23.2 Å². The molecule has 3 aromatic rings. The molecule has 0 saturated carbocycles. The largest absolute Gasteiger partial charge is 0.268 e. The van der Waals surface area contributed by atoms with Gasteiger partial charge in [-0.25, -0.2) is 9.40 Å². The van der Waals surface area contributed by atoms with Crippen molar-refractivity contribution in [3.63, 3.8) is 0 Å². The lowest BCUT2D eigenvalue weighted by Crippen LogP contribution is -2.25. The summed E-state index contributed by atoms with van der Waals surface area (Å²) in [5.74, 6) is -0.503. The van der Waals surface area contributed by atoms with Crippen LogP contribution in [0.3, 0.4) is 0 Å². The van der Waals surface area contributed by atoms with E-state index in [-0.39, 0.29) is 17.8 Å². The summed E-state index contributed by atoms with van der Waals surface area (Å²) in [6, 6.07) is 25.4. The summed E-state index contributed by atoms with van der Waals surface area (Å²) in [5, 5.41) is 6.10. The van der Waals surface area contributed by atoms with Crippen molar-refractivity contribution in [2.75, 3.05) is 0 Å². The zero-order chi connectivity index (χ0) is 19.3. The van der Waals surface area contributed by atoms with Crippen molar-refractivity contribution in [2.45, 2.75) is 12.5 Å². The van der Waals surface area contributed by atoms with Gasteiger partial charge in [-0.05, 0) is 34.9 Å². The Labute approximate surface area is 163 Å². The lowest BCUT2D eigenvalue weighted by Gasteiger charge is -2.20. The third-order valence-electron chi connectivity index (χ3n) is 4.72. The van der Waals surface area contributed by atoms with Crippen LogP contribution in [0.25, 0.3) is 6.08 Å². The second-order valence-corrected chi connectivity index (χ2v) is 6.61. The van der Waals surface area contributed by atoms with E-state index in [2.05, 4.69) is 5.10 Å². The van der Waals surface area contributed by atoms with Crippen molar-refractivity contribution in [2.24, 2.45) is 5.10 Å². The monoisotopic (exact) mass is 370 g/mol. The molecule has 28 heavy (non-hydrogen) atoms. The quantitative estimate of drug-likeness (QED) is 0.580. The molecule has 0 saturated heterocycles. The standard InChI is InChI=1S/C24H19FN2O/c25-21-14-12-20(13-15-21)23-17-22(19-9-5-2-6-10-19)26-27(23)24(28)16-11-18-7-3-1-4-8-18/h1-16,23H,17H2/b16-11+/t23-/m0/s1. The molecular weight excluding hydrogens is 351 g/mol. The van der Waals surface area contributed by atoms with Crippen LogP contribution in [0.2, 0.25) is 0 Å². The van der Waals surface area contributed by atoms with Gasteiger partial charge in [-0.2, -0.15) is 5.10 Å². The van der Waals surface area contributed by atoms with Crippen LogP contribution in [0.4, 0.5) is 4.39 Å². The molecule has 4 heteroatoms. The van der Waals surface area contributed by atoms with Crippen molar-refractivity contribution >= 4 is 17.7 Å².